The van der Waals surface area contributed by atoms with Gasteiger partial charge in [-0.15, -0.1) is 0 Å². The van der Waals surface area contributed by atoms with Gasteiger partial charge in [-0.2, -0.15) is 0 Å². The monoisotopic (exact) mass is 495 g/mol. The molecule has 1 fully saturated rings. The topological polar surface area (TPSA) is 139 Å². The van der Waals surface area contributed by atoms with Crippen molar-refractivity contribution in [2.45, 2.75) is 89.6 Å². The van der Waals surface area contributed by atoms with Crippen molar-refractivity contribution in [1.29, 1.82) is 0 Å². The molecular weight excluding hydrogens is 454 g/mol. The molecule has 9 heteroatoms. The van der Waals surface area contributed by atoms with Crippen molar-refractivity contribution in [3.63, 3.8) is 0 Å². The minimum absolute atomic E-state index is 0.0456. The Hall–Kier alpha value is -1.97. The van der Waals surface area contributed by atoms with Gasteiger partial charge in [0.05, 0.1) is 5.75 Å². The molecule has 1 saturated carbocycles. The van der Waals surface area contributed by atoms with Crippen LogP contribution in [0.4, 0.5) is 0 Å². The number of hydrogen-bond acceptors (Lipinski definition) is 5. The molecule has 192 valence electrons. The largest absolute Gasteiger partial charge is 0.480 e. The summed E-state index contributed by atoms with van der Waals surface area (Å²) < 4.78 is 26.6. The average Bonchev–Trinajstić information content (AvgIpc) is 2.81. The molecular formula is C25H41N3O5S. The van der Waals surface area contributed by atoms with Crippen LogP contribution in [-0.4, -0.2) is 49.8 Å². The number of amides is 1. The molecule has 1 aliphatic rings. The molecule has 2 rings (SSSR count). The van der Waals surface area contributed by atoms with Gasteiger partial charge in [0, 0.05) is 11.6 Å². The second-order valence-electron chi connectivity index (χ2n) is 9.40. The summed E-state index contributed by atoms with van der Waals surface area (Å²) in [5.74, 6) is -1.17. The Morgan fingerprint density at radius 3 is 2.32 bits per heavy atom. The third kappa shape index (κ3) is 10.1. The number of carboxylic acids is 1. The normalized spacial score (nSPS) is 19.5. The zero-order valence-electron chi connectivity index (χ0n) is 20.3. The Bertz CT molecular complexity index is 865. The van der Waals surface area contributed by atoms with Gasteiger partial charge in [0.25, 0.3) is 5.91 Å². The lowest BCUT2D eigenvalue weighted by Gasteiger charge is -2.30. The Kier molecular flexibility index (Phi) is 12.0. The number of carbonyl (C=O) groups is 2. The van der Waals surface area contributed by atoms with Crippen LogP contribution in [0.1, 0.15) is 87.1 Å². The lowest BCUT2D eigenvalue weighted by Crippen LogP contribution is -2.44. The van der Waals surface area contributed by atoms with Crippen LogP contribution in [0.15, 0.2) is 24.3 Å². The summed E-state index contributed by atoms with van der Waals surface area (Å²) in [7, 11) is -3.60. The number of hydrogen-bond donors (Lipinski definition) is 4. The molecule has 8 nitrogen and oxygen atoms in total. The maximum Gasteiger partial charge on any atom is 0.321 e. The first kappa shape index (κ1) is 28.3. The first-order valence-electron chi connectivity index (χ1n) is 12.6. The van der Waals surface area contributed by atoms with E-state index < -0.39 is 22.0 Å². The number of benzene rings is 1. The standard InChI is InChI=1S/C25H41N3O5S/c1-2-3-17-34(32,33)28-23(25(30)31)18-20-10-14-22(15-11-20)27-24(29)21-12-8-19(9-13-21)7-5-4-6-16-26/h8-9,12-13,20,22-23,28H,2-7,10-11,14-18,26H2,1H3,(H,27,29)(H,30,31). The van der Waals surface area contributed by atoms with E-state index in [0.29, 0.717) is 12.0 Å². The van der Waals surface area contributed by atoms with Crippen molar-refractivity contribution < 1.29 is 23.1 Å². The van der Waals surface area contributed by atoms with Crippen molar-refractivity contribution in [1.82, 2.24) is 10.0 Å². The van der Waals surface area contributed by atoms with Crippen molar-refractivity contribution in [3.05, 3.63) is 35.4 Å². The van der Waals surface area contributed by atoms with E-state index in [1.54, 1.807) is 0 Å². The highest BCUT2D eigenvalue weighted by atomic mass is 32.2. The zero-order chi connectivity index (χ0) is 25.0. The number of aliphatic carboxylic acids is 1. The van der Waals surface area contributed by atoms with Crippen LogP contribution in [0.3, 0.4) is 0 Å². The van der Waals surface area contributed by atoms with Crippen LogP contribution in [0.2, 0.25) is 0 Å². The molecule has 0 aromatic heterocycles. The maximum atomic E-state index is 12.6. The summed E-state index contributed by atoms with van der Waals surface area (Å²) in [6.07, 6.45) is 8.75. The maximum absolute atomic E-state index is 12.6. The minimum atomic E-state index is -3.60. The summed E-state index contributed by atoms with van der Waals surface area (Å²) in [6, 6.07) is 6.67. The quantitative estimate of drug-likeness (QED) is 0.276. The SMILES string of the molecule is CCCCS(=O)(=O)NC(CC1CCC(NC(=O)c2ccc(CCCCCN)cc2)CC1)C(=O)O. The van der Waals surface area contributed by atoms with E-state index >= 15 is 0 Å². The lowest BCUT2D eigenvalue weighted by molar-refractivity contribution is -0.139. The van der Waals surface area contributed by atoms with Gasteiger partial charge in [-0.3, -0.25) is 9.59 Å². The fourth-order valence-electron chi connectivity index (χ4n) is 4.43. The highest BCUT2D eigenvalue weighted by molar-refractivity contribution is 7.89. The van der Waals surface area contributed by atoms with E-state index in [9.17, 15) is 23.1 Å². The third-order valence-corrected chi connectivity index (χ3v) is 7.99. The van der Waals surface area contributed by atoms with Crippen molar-refractivity contribution >= 4 is 21.9 Å². The number of nitrogens with one attached hydrogen (secondary N) is 2. The number of carboxylic acid groups (broad SMARTS) is 1. The Morgan fingerprint density at radius 1 is 1.06 bits per heavy atom. The molecule has 1 aromatic rings. The number of carbonyl (C=O) groups excluding carboxylic acids is 1. The van der Waals surface area contributed by atoms with E-state index in [0.717, 1.165) is 64.3 Å². The third-order valence-electron chi connectivity index (χ3n) is 6.52. The van der Waals surface area contributed by atoms with Crippen LogP contribution < -0.4 is 15.8 Å². The highest BCUT2D eigenvalue weighted by Crippen LogP contribution is 2.28. The molecule has 1 atom stereocenters. The molecule has 0 bridgehead atoms. The lowest BCUT2D eigenvalue weighted by atomic mass is 9.82. The number of unbranched alkanes of at least 4 members (excludes halogenated alkanes) is 3. The van der Waals surface area contributed by atoms with Gasteiger partial charge in [0.2, 0.25) is 10.0 Å². The molecule has 1 aliphatic carbocycles. The fraction of sp³-hybridized carbons (Fsp3) is 0.680. The van der Waals surface area contributed by atoms with E-state index in [1.807, 2.05) is 31.2 Å². The highest BCUT2D eigenvalue weighted by Gasteiger charge is 2.30. The van der Waals surface area contributed by atoms with Gasteiger partial charge in [-0.1, -0.05) is 31.9 Å². The second-order valence-corrected chi connectivity index (χ2v) is 11.3. The van der Waals surface area contributed by atoms with Crippen LogP contribution >= 0.6 is 0 Å². The van der Waals surface area contributed by atoms with Crippen LogP contribution in [0.25, 0.3) is 0 Å². The predicted octanol–water partition coefficient (Wildman–Crippen LogP) is 3.21. The summed E-state index contributed by atoms with van der Waals surface area (Å²) in [5, 5.41) is 12.6. The van der Waals surface area contributed by atoms with Gasteiger partial charge in [-0.05, 0) is 87.9 Å². The van der Waals surface area contributed by atoms with Gasteiger partial charge in [0.1, 0.15) is 6.04 Å². The van der Waals surface area contributed by atoms with Crippen LogP contribution in [0, 0.1) is 5.92 Å². The number of aryl methyl sites for hydroxylation is 1. The molecule has 1 amide bonds. The van der Waals surface area contributed by atoms with E-state index in [-0.39, 0.29) is 30.0 Å². The molecule has 0 radical (unpaired) electrons. The number of sulfonamides is 1. The zero-order valence-corrected chi connectivity index (χ0v) is 21.1. The van der Waals surface area contributed by atoms with Gasteiger partial charge < -0.3 is 16.2 Å². The molecule has 0 aliphatic heterocycles. The van der Waals surface area contributed by atoms with Gasteiger partial charge >= 0.3 is 5.97 Å². The van der Waals surface area contributed by atoms with Crippen molar-refractivity contribution in [3.8, 4) is 0 Å². The molecule has 34 heavy (non-hydrogen) atoms. The Labute approximate surface area is 204 Å². The summed E-state index contributed by atoms with van der Waals surface area (Å²) in [6.45, 7) is 2.61. The van der Waals surface area contributed by atoms with E-state index in [4.69, 9.17) is 5.73 Å². The average molecular weight is 496 g/mol. The van der Waals surface area contributed by atoms with Crippen LogP contribution in [-0.2, 0) is 21.2 Å². The minimum Gasteiger partial charge on any atom is -0.480 e. The Balaban J connectivity index is 1.78. The molecule has 1 unspecified atom stereocenters. The molecule has 1 aromatic carbocycles. The second kappa shape index (κ2) is 14.4. The number of nitrogens with two attached hydrogens (primary N) is 1. The number of rotatable bonds is 15. The van der Waals surface area contributed by atoms with Crippen LogP contribution in [0.5, 0.6) is 0 Å². The predicted molar refractivity (Wildman–Crippen MR) is 134 cm³/mol. The van der Waals surface area contributed by atoms with E-state index in [2.05, 4.69) is 10.0 Å². The van der Waals surface area contributed by atoms with Gasteiger partial charge in [0.15, 0.2) is 0 Å². The summed E-state index contributed by atoms with van der Waals surface area (Å²) in [5.41, 5.74) is 7.38. The molecule has 0 heterocycles. The first-order chi connectivity index (χ1) is 16.2. The first-order valence-corrected chi connectivity index (χ1v) is 14.2. The molecule has 5 N–H and O–H groups in total. The smallest absolute Gasteiger partial charge is 0.321 e. The summed E-state index contributed by atoms with van der Waals surface area (Å²) in [4.78, 5) is 24.2. The fourth-order valence-corrected chi connectivity index (χ4v) is 5.84. The van der Waals surface area contributed by atoms with Crippen molar-refractivity contribution in [2.75, 3.05) is 12.3 Å². The molecule has 0 spiro atoms. The van der Waals surface area contributed by atoms with E-state index in [1.165, 1.54) is 5.56 Å². The van der Waals surface area contributed by atoms with Gasteiger partial charge in [-0.25, -0.2) is 13.1 Å². The Morgan fingerprint density at radius 2 is 1.74 bits per heavy atom. The summed E-state index contributed by atoms with van der Waals surface area (Å²) >= 11 is 0. The molecule has 0 saturated heterocycles. The van der Waals surface area contributed by atoms with Crippen molar-refractivity contribution in [2.24, 2.45) is 11.7 Å².